The SMILES string of the molecule is O=C(Nc1cc(-c2cnco2)ccn1)c1cnn2ccc(N3CCC[C@@H]3C(F)(F)F)nc12. The van der Waals surface area contributed by atoms with Crippen LogP contribution in [0.5, 0.6) is 0 Å². The van der Waals surface area contributed by atoms with E-state index in [1.165, 1.54) is 46.7 Å². The van der Waals surface area contributed by atoms with Crippen LogP contribution in [0.2, 0.25) is 0 Å². The van der Waals surface area contributed by atoms with Gasteiger partial charge in [-0.3, -0.25) is 4.79 Å². The van der Waals surface area contributed by atoms with Crippen molar-refractivity contribution in [3.8, 4) is 11.3 Å². The third-order valence-electron chi connectivity index (χ3n) is 5.24. The number of rotatable bonds is 4. The number of carbonyl (C=O) groups is 1. The molecule has 5 heterocycles. The summed E-state index contributed by atoms with van der Waals surface area (Å²) >= 11 is 0. The van der Waals surface area contributed by atoms with E-state index in [4.69, 9.17) is 4.42 Å². The Morgan fingerprint density at radius 3 is 2.91 bits per heavy atom. The number of nitrogens with zero attached hydrogens (tertiary/aromatic N) is 6. The number of aromatic nitrogens is 5. The summed E-state index contributed by atoms with van der Waals surface area (Å²) in [6.45, 7) is 0.237. The van der Waals surface area contributed by atoms with Gasteiger partial charge in [0.1, 0.15) is 23.2 Å². The molecule has 0 spiro atoms. The van der Waals surface area contributed by atoms with Crippen molar-refractivity contribution in [2.45, 2.75) is 25.1 Å². The minimum atomic E-state index is -4.36. The second-order valence-corrected chi connectivity index (χ2v) is 7.25. The fourth-order valence-electron chi connectivity index (χ4n) is 3.75. The van der Waals surface area contributed by atoms with E-state index in [2.05, 4.69) is 25.4 Å². The summed E-state index contributed by atoms with van der Waals surface area (Å²) < 4.78 is 46.7. The van der Waals surface area contributed by atoms with E-state index >= 15 is 0 Å². The highest BCUT2D eigenvalue weighted by atomic mass is 19.4. The van der Waals surface area contributed by atoms with Crippen molar-refractivity contribution in [2.75, 3.05) is 16.8 Å². The van der Waals surface area contributed by atoms with Crippen LogP contribution in [0.15, 0.2) is 53.8 Å². The molecule has 12 heteroatoms. The fraction of sp³-hybridized carbons (Fsp3) is 0.250. The number of pyridine rings is 1. The molecule has 1 aliphatic heterocycles. The average molecular weight is 443 g/mol. The topological polar surface area (TPSA) is 101 Å². The van der Waals surface area contributed by atoms with Gasteiger partial charge in [-0.15, -0.1) is 0 Å². The third kappa shape index (κ3) is 3.63. The second-order valence-electron chi connectivity index (χ2n) is 7.25. The third-order valence-corrected chi connectivity index (χ3v) is 5.24. The molecule has 4 aromatic rings. The van der Waals surface area contributed by atoms with E-state index in [9.17, 15) is 18.0 Å². The quantitative estimate of drug-likeness (QED) is 0.515. The Labute approximate surface area is 178 Å². The zero-order valence-corrected chi connectivity index (χ0v) is 16.5. The molecule has 0 aliphatic carbocycles. The van der Waals surface area contributed by atoms with Gasteiger partial charge in [-0.2, -0.15) is 18.3 Å². The van der Waals surface area contributed by atoms with E-state index < -0.39 is 18.1 Å². The van der Waals surface area contributed by atoms with Crippen molar-refractivity contribution in [1.29, 1.82) is 0 Å². The Balaban J connectivity index is 1.43. The molecule has 4 aromatic heterocycles. The number of carbonyl (C=O) groups excluding carboxylic acids is 1. The number of amides is 1. The van der Waals surface area contributed by atoms with Crippen molar-refractivity contribution in [1.82, 2.24) is 24.6 Å². The number of anilines is 2. The fourth-order valence-corrected chi connectivity index (χ4v) is 3.75. The summed E-state index contributed by atoms with van der Waals surface area (Å²) in [7, 11) is 0. The van der Waals surface area contributed by atoms with Crippen LogP contribution >= 0.6 is 0 Å². The number of hydrogen-bond donors (Lipinski definition) is 1. The summed E-state index contributed by atoms with van der Waals surface area (Å²) in [5.74, 6) is 0.379. The standard InChI is InChI=1S/C20H16F3N7O2/c21-20(22,23)15-2-1-6-29(15)17-4-7-30-18(28-17)13(9-26-30)19(31)27-16-8-12(3-5-25-16)14-10-24-11-32-14/h3-5,7-11,15H,1-2,6H2,(H,25,27,31)/t15-/m1/s1. The van der Waals surface area contributed by atoms with Gasteiger partial charge in [0.2, 0.25) is 0 Å². The zero-order valence-electron chi connectivity index (χ0n) is 16.5. The Bertz CT molecular complexity index is 1270. The predicted octanol–water partition coefficient (Wildman–Crippen LogP) is 3.56. The summed E-state index contributed by atoms with van der Waals surface area (Å²) in [6.07, 6.45) is 3.20. The van der Waals surface area contributed by atoms with Gasteiger partial charge in [0.05, 0.1) is 12.4 Å². The monoisotopic (exact) mass is 443 g/mol. The maximum atomic E-state index is 13.4. The van der Waals surface area contributed by atoms with Gasteiger partial charge in [0.15, 0.2) is 17.8 Å². The van der Waals surface area contributed by atoms with Gasteiger partial charge in [0.25, 0.3) is 5.91 Å². The molecule has 0 aromatic carbocycles. The molecular formula is C20H16F3N7O2. The predicted molar refractivity (Wildman–Crippen MR) is 107 cm³/mol. The molecule has 0 saturated carbocycles. The van der Waals surface area contributed by atoms with Gasteiger partial charge in [0, 0.05) is 24.5 Å². The van der Waals surface area contributed by atoms with Crippen molar-refractivity contribution in [2.24, 2.45) is 0 Å². The van der Waals surface area contributed by atoms with Crippen LogP contribution in [0.4, 0.5) is 24.8 Å². The van der Waals surface area contributed by atoms with Gasteiger partial charge in [-0.05, 0) is 31.0 Å². The van der Waals surface area contributed by atoms with Crippen molar-refractivity contribution < 1.29 is 22.4 Å². The Morgan fingerprint density at radius 2 is 2.12 bits per heavy atom. The van der Waals surface area contributed by atoms with Crippen LogP contribution in [0.3, 0.4) is 0 Å². The van der Waals surface area contributed by atoms with Crippen LogP contribution in [-0.4, -0.2) is 49.2 Å². The van der Waals surface area contributed by atoms with Gasteiger partial charge in [-0.25, -0.2) is 19.5 Å². The smallest absolute Gasteiger partial charge is 0.408 e. The molecule has 5 rings (SSSR count). The van der Waals surface area contributed by atoms with Crippen molar-refractivity contribution in [3.63, 3.8) is 0 Å². The second kappa shape index (κ2) is 7.62. The van der Waals surface area contributed by atoms with Crippen LogP contribution in [0.25, 0.3) is 17.0 Å². The lowest BCUT2D eigenvalue weighted by Crippen LogP contribution is -2.41. The van der Waals surface area contributed by atoms with Crippen LogP contribution in [0.1, 0.15) is 23.2 Å². The minimum absolute atomic E-state index is 0.0101. The van der Waals surface area contributed by atoms with Crippen molar-refractivity contribution in [3.05, 3.63) is 54.9 Å². The largest absolute Gasteiger partial charge is 0.444 e. The van der Waals surface area contributed by atoms with E-state index in [1.54, 1.807) is 12.1 Å². The van der Waals surface area contributed by atoms with E-state index in [1.807, 2.05) is 0 Å². The Morgan fingerprint density at radius 1 is 1.25 bits per heavy atom. The number of halogens is 3. The molecule has 0 bridgehead atoms. The van der Waals surface area contributed by atoms with Gasteiger partial charge >= 0.3 is 6.18 Å². The summed E-state index contributed by atoms with van der Waals surface area (Å²) in [5, 5.41) is 6.75. The number of nitrogens with one attached hydrogen (secondary N) is 1. The lowest BCUT2D eigenvalue weighted by Gasteiger charge is -2.27. The Kier molecular flexibility index (Phi) is 4.76. The van der Waals surface area contributed by atoms with E-state index in [0.29, 0.717) is 17.7 Å². The van der Waals surface area contributed by atoms with Crippen LogP contribution < -0.4 is 10.2 Å². The first kappa shape index (κ1) is 20.0. The molecule has 0 radical (unpaired) electrons. The van der Waals surface area contributed by atoms with Crippen LogP contribution in [0, 0.1) is 0 Å². The lowest BCUT2D eigenvalue weighted by atomic mass is 10.2. The number of hydrogen-bond acceptors (Lipinski definition) is 7. The molecule has 1 amide bonds. The van der Waals surface area contributed by atoms with Crippen molar-refractivity contribution >= 4 is 23.2 Å². The first-order valence-electron chi connectivity index (χ1n) is 9.74. The van der Waals surface area contributed by atoms with Crippen LogP contribution in [-0.2, 0) is 0 Å². The number of alkyl halides is 3. The minimum Gasteiger partial charge on any atom is -0.444 e. The maximum Gasteiger partial charge on any atom is 0.408 e. The summed E-state index contributed by atoms with van der Waals surface area (Å²) in [6, 6.07) is 3.18. The molecule has 1 aliphatic rings. The number of fused-ring (bicyclic) bond motifs is 1. The first-order valence-corrected chi connectivity index (χ1v) is 9.74. The first-order chi connectivity index (χ1) is 15.4. The molecule has 9 nitrogen and oxygen atoms in total. The molecule has 32 heavy (non-hydrogen) atoms. The summed E-state index contributed by atoms with van der Waals surface area (Å²) in [5.41, 5.74) is 0.931. The van der Waals surface area contributed by atoms with E-state index in [0.717, 1.165) is 0 Å². The molecular weight excluding hydrogens is 427 g/mol. The normalized spacial score (nSPS) is 16.6. The molecule has 1 atom stereocenters. The highest BCUT2D eigenvalue weighted by Crippen LogP contribution is 2.35. The maximum absolute atomic E-state index is 13.4. The average Bonchev–Trinajstić information content (AvgIpc) is 3.53. The highest BCUT2D eigenvalue weighted by Gasteiger charge is 2.46. The van der Waals surface area contributed by atoms with Gasteiger partial charge < -0.3 is 14.6 Å². The van der Waals surface area contributed by atoms with E-state index in [-0.39, 0.29) is 35.8 Å². The molecule has 1 N–H and O–H groups in total. The zero-order chi connectivity index (χ0) is 22.3. The Hall–Kier alpha value is -3.96. The summed E-state index contributed by atoms with van der Waals surface area (Å²) in [4.78, 5) is 26.4. The molecule has 1 fully saturated rings. The lowest BCUT2D eigenvalue weighted by molar-refractivity contribution is -0.146. The highest BCUT2D eigenvalue weighted by molar-refractivity contribution is 6.08. The number of oxazole rings is 1. The molecule has 164 valence electrons. The molecule has 0 unspecified atom stereocenters. The molecule has 1 saturated heterocycles. The van der Waals surface area contributed by atoms with Gasteiger partial charge in [-0.1, -0.05) is 0 Å².